The van der Waals surface area contributed by atoms with E-state index in [4.69, 9.17) is 4.18 Å². The number of benzene rings is 5. The first kappa shape index (κ1) is 53.8. The zero-order chi connectivity index (χ0) is 53.4. The number of aliphatic hydroxyl groups is 1. The Morgan fingerprint density at radius 2 is 0.811 bits per heavy atom. The molecule has 0 aliphatic carbocycles. The molecule has 2 atom stereocenters. The smallest absolute Gasteiger partial charge is 0.297 e. The van der Waals surface area contributed by atoms with E-state index < -0.39 is 74.2 Å². The number of hydrogen-bond acceptors (Lipinski definition) is 18. The highest BCUT2D eigenvalue weighted by Crippen LogP contribution is 2.36. The summed E-state index contributed by atoms with van der Waals surface area (Å²) in [4.78, 5) is 34.5. The Kier molecular flexibility index (Phi) is 15.3. The lowest BCUT2D eigenvalue weighted by molar-refractivity contribution is -0.124. The van der Waals surface area contributed by atoms with Gasteiger partial charge < -0.3 is 14.9 Å². The Morgan fingerprint density at radius 3 is 1.14 bits per heavy atom. The molecule has 0 unspecified atom stereocenters. The number of anilines is 4. The molecule has 9 rings (SSSR count). The van der Waals surface area contributed by atoms with Gasteiger partial charge in [-0.2, -0.15) is 42.1 Å². The van der Waals surface area contributed by atoms with E-state index in [1.807, 2.05) is 6.92 Å². The summed E-state index contributed by atoms with van der Waals surface area (Å²) in [6.07, 6.45) is 0.661. The minimum atomic E-state index is -4.68. The average molecular weight is 1140 g/mol. The first-order valence-corrected chi connectivity index (χ1v) is 30.9. The van der Waals surface area contributed by atoms with Gasteiger partial charge in [0.25, 0.3) is 62.0 Å². The molecule has 0 radical (unpaired) electrons. The van der Waals surface area contributed by atoms with Crippen molar-refractivity contribution in [1.29, 1.82) is 0 Å². The first-order chi connectivity index (χ1) is 34.9. The molecule has 20 nitrogen and oxygen atoms in total. The minimum absolute atomic E-state index is 0.0701. The van der Waals surface area contributed by atoms with Crippen molar-refractivity contribution in [2.75, 3.05) is 30.3 Å². The van der Waals surface area contributed by atoms with E-state index in [-0.39, 0.29) is 54.1 Å². The predicted octanol–water partition coefficient (Wildman–Crippen LogP) is 5.99. The summed E-state index contributed by atoms with van der Waals surface area (Å²) in [5.41, 5.74) is 3.19. The summed E-state index contributed by atoms with van der Waals surface area (Å²) < 4.78 is 139. The zero-order valence-electron chi connectivity index (χ0n) is 39.1. The third kappa shape index (κ3) is 10.9. The van der Waals surface area contributed by atoms with Crippen molar-refractivity contribution in [3.05, 3.63) is 161 Å². The second-order valence-corrected chi connectivity index (χ2v) is 27.5. The number of amides is 2. The average Bonchev–Trinajstić information content (AvgIpc) is 4.21. The van der Waals surface area contributed by atoms with Crippen molar-refractivity contribution < 1.29 is 61.0 Å². The molecule has 0 spiro atoms. The van der Waals surface area contributed by atoms with Crippen LogP contribution in [0.2, 0.25) is 0 Å². The number of carbonyl (C=O) groups excluding carboxylic acids is 2. The van der Waals surface area contributed by atoms with Crippen LogP contribution in [0, 0.1) is 20.8 Å². The highest BCUT2D eigenvalue weighted by atomic mass is 32.3. The van der Waals surface area contributed by atoms with Crippen molar-refractivity contribution in [1.82, 2.24) is 9.97 Å². The zero-order valence-corrected chi connectivity index (χ0v) is 44.9. The fourth-order valence-electron chi connectivity index (χ4n) is 7.52. The van der Waals surface area contributed by atoms with Gasteiger partial charge in [0.05, 0.1) is 24.5 Å². The maximum atomic E-state index is 13.7. The molecular formula is C47H44N6O14S7. The Balaban J connectivity index is 0.000000204. The van der Waals surface area contributed by atoms with Gasteiger partial charge in [0.15, 0.2) is 6.10 Å². The lowest BCUT2D eigenvalue weighted by Crippen LogP contribution is -2.37. The number of sulfonamides is 4. The van der Waals surface area contributed by atoms with Crippen LogP contribution in [-0.4, -0.2) is 94.3 Å². The number of carbonyl (C=O) groups is 2. The number of nitrogens with zero attached hydrogens (tertiary/aromatic N) is 6. The molecule has 2 aromatic heterocycles. The molecule has 1 N–H and O–H groups in total. The molecule has 0 bridgehead atoms. The molecular weight excluding hydrogens is 1100 g/mol. The highest BCUT2D eigenvalue weighted by Gasteiger charge is 2.42. The van der Waals surface area contributed by atoms with Gasteiger partial charge in [-0.15, -0.1) is 30.1 Å². The lowest BCUT2D eigenvalue weighted by Gasteiger charge is -2.22. The topological polar surface area (TPSA) is 273 Å². The van der Waals surface area contributed by atoms with E-state index in [0.717, 1.165) is 39.4 Å². The predicted molar refractivity (Wildman–Crippen MR) is 276 cm³/mol. The van der Waals surface area contributed by atoms with Crippen LogP contribution >= 0.6 is 22.7 Å². The van der Waals surface area contributed by atoms with Crippen LogP contribution in [0.15, 0.2) is 169 Å². The molecule has 7 aromatic rings. The van der Waals surface area contributed by atoms with E-state index in [0.29, 0.717) is 25.3 Å². The van der Waals surface area contributed by atoms with Crippen LogP contribution < -0.4 is 17.2 Å². The number of rotatable bonds is 15. The van der Waals surface area contributed by atoms with Gasteiger partial charge >= 0.3 is 0 Å². The van der Waals surface area contributed by atoms with Gasteiger partial charge in [-0.3, -0.25) is 13.8 Å². The summed E-state index contributed by atoms with van der Waals surface area (Å²) in [5.74, 6) is -1.07. The molecule has 2 aliphatic heterocycles. The van der Waals surface area contributed by atoms with Crippen LogP contribution in [0.25, 0.3) is 0 Å². The first-order valence-electron chi connectivity index (χ1n) is 22.0. The van der Waals surface area contributed by atoms with Gasteiger partial charge in [0.2, 0.25) is 10.3 Å². The maximum absolute atomic E-state index is 13.7. The standard InChI is InChI=1S/C27H25N3O8S4.C20H19N3O6S3/c1-19-3-9-22(10-4-19)40(32,33)30(27-28-16-18-39-27)41(34,35)23-13-7-21(8-14-23)29-17-15-25(26(29)31)38-42(36,37)24-11-5-20(2)6-12-24;1-14-2-6-16(7-3-14)31(26,27)23(20-21-11-13-30-20)32(28,29)17-8-4-15(5-9-17)22-12-10-18(24)19(22)25/h3-14,16,18,25H,15,17H2,1-2H3;2-9,11,13,18,24H,10,12H2,1H3/t25-;18-/m11/s1. The highest BCUT2D eigenvalue weighted by molar-refractivity contribution is 8.11. The fourth-order valence-corrected chi connectivity index (χ4v) is 18.0. The SMILES string of the molecule is Cc1ccc(S(=O)(=O)N(c2nccs2)S(=O)(=O)c2ccc(N3CC[C@@H](O)C3=O)cc2)cc1.Cc1ccc(S(=O)(=O)O[C@@H]2CCN(c3ccc(S(=O)(=O)N(c4nccs4)S(=O)(=O)c4ccc(C)cc4)cc3)C2=O)cc1. The molecule has 388 valence electrons. The molecule has 0 saturated carbocycles. The second-order valence-electron chi connectivity index (χ2n) is 16.6. The summed E-state index contributed by atoms with van der Waals surface area (Å²) in [6, 6.07) is 28.0. The summed E-state index contributed by atoms with van der Waals surface area (Å²) >= 11 is 1.72. The molecule has 5 aromatic carbocycles. The number of thiazole rings is 2. The molecule has 74 heavy (non-hydrogen) atoms. The van der Waals surface area contributed by atoms with Crippen molar-refractivity contribution in [3.63, 3.8) is 0 Å². The van der Waals surface area contributed by atoms with Gasteiger partial charge in [-0.25, -0.2) is 9.97 Å². The molecule has 2 fully saturated rings. The molecule has 2 saturated heterocycles. The Labute approximate surface area is 436 Å². The van der Waals surface area contributed by atoms with Gasteiger partial charge in [-0.1, -0.05) is 53.1 Å². The Hall–Kier alpha value is -6.43. The van der Waals surface area contributed by atoms with Gasteiger partial charge in [-0.05, 0) is 106 Å². The number of hydrogen-bond donors (Lipinski definition) is 1. The third-order valence-corrected chi connectivity index (χ3v) is 23.0. The van der Waals surface area contributed by atoms with E-state index in [1.165, 1.54) is 118 Å². The van der Waals surface area contributed by atoms with Crippen LogP contribution in [0.4, 0.5) is 21.6 Å². The largest absolute Gasteiger partial charge is 0.383 e. The van der Waals surface area contributed by atoms with Crippen LogP contribution in [-0.2, 0) is 64.0 Å². The van der Waals surface area contributed by atoms with Gasteiger partial charge in [0.1, 0.15) is 6.10 Å². The Bertz CT molecular complexity index is 3760. The van der Waals surface area contributed by atoms with E-state index in [2.05, 4.69) is 9.97 Å². The fraction of sp³-hybridized carbons (Fsp3) is 0.191. The normalized spacial score (nSPS) is 16.5. The summed E-state index contributed by atoms with van der Waals surface area (Å²) in [5, 5.41) is 12.1. The van der Waals surface area contributed by atoms with Crippen LogP contribution in [0.5, 0.6) is 0 Å². The van der Waals surface area contributed by atoms with E-state index in [9.17, 15) is 56.8 Å². The van der Waals surface area contributed by atoms with Crippen LogP contribution in [0.1, 0.15) is 29.5 Å². The number of aryl methyl sites for hydroxylation is 3. The third-order valence-electron chi connectivity index (χ3n) is 11.4. The molecule has 2 aliphatic rings. The van der Waals surface area contributed by atoms with Crippen molar-refractivity contribution in [2.24, 2.45) is 0 Å². The second kappa shape index (κ2) is 21.1. The quantitative estimate of drug-likeness (QED) is 0.116. The lowest BCUT2D eigenvalue weighted by atomic mass is 10.2. The summed E-state index contributed by atoms with van der Waals surface area (Å²) in [7, 11) is -22.5. The molecule has 27 heteroatoms. The Morgan fingerprint density at radius 1 is 0.486 bits per heavy atom. The summed E-state index contributed by atoms with van der Waals surface area (Å²) in [6.45, 7) is 5.81. The van der Waals surface area contributed by atoms with Gasteiger partial charge in [0, 0.05) is 60.5 Å². The minimum Gasteiger partial charge on any atom is -0.383 e. The van der Waals surface area contributed by atoms with Crippen molar-refractivity contribution in [3.8, 4) is 0 Å². The van der Waals surface area contributed by atoms with Crippen molar-refractivity contribution >= 4 is 106 Å². The van der Waals surface area contributed by atoms with E-state index in [1.54, 1.807) is 50.2 Å². The van der Waals surface area contributed by atoms with E-state index >= 15 is 0 Å². The number of aliphatic hydroxyl groups excluding tert-OH is 1. The molecule has 4 heterocycles. The van der Waals surface area contributed by atoms with Crippen LogP contribution in [0.3, 0.4) is 0 Å². The molecule has 2 amide bonds. The van der Waals surface area contributed by atoms with Crippen molar-refractivity contribution in [2.45, 2.75) is 70.3 Å². The maximum Gasteiger partial charge on any atom is 0.297 e. The number of aromatic nitrogens is 2. The monoisotopic (exact) mass is 1140 g/mol.